The van der Waals surface area contributed by atoms with E-state index >= 15 is 0 Å². The summed E-state index contributed by atoms with van der Waals surface area (Å²) in [5.74, 6) is -1.27. The molecule has 0 aliphatic carbocycles. The monoisotopic (exact) mass is 278 g/mol. The molecule has 2 N–H and O–H groups in total. The smallest absolute Gasteiger partial charge is 0.306 e. The maximum Gasteiger partial charge on any atom is 0.306 e. The first-order valence-electron chi connectivity index (χ1n) is 6.41. The van der Waals surface area contributed by atoms with Crippen LogP contribution in [0.5, 0.6) is 0 Å². The Bertz CT molecular complexity index is 363. The van der Waals surface area contributed by atoms with E-state index in [1.165, 1.54) is 4.31 Å². The number of aliphatic carboxylic acids is 1. The summed E-state index contributed by atoms with van der Waals surface area (Å²) < 4.78 is 27.7. The number of rotatable bonds is 7. The molecular formula is C11H22N2O4S. The number of nitrogens with zero attached hydrogens (tertiary/aromatic N) is 1. The van der Waals surface area contributed by atoms with E-state index in [9.17, 15) is 13.2 Å². The largest absolute Gasteiger partial charge is 0.481 e. The lowest BCUT2D eigenvalue weighted by molar-refractivity contribution is -0.141. The Balaban J connectivity index is 2.27. The van der Waals surface area contributed by atoms with Crippen LogP contribution < -0.4 is 4.72 Å². The molecule has 0 bridgehead atoms. The summed E-state index contributed by atoms with van der Waals surface area (Å²) in [4.78, 5) is 10.6. The molecule has 7 heteroatoms. The first kappa shape index (κ1) is 15.4. The predicted octanol–water partition coefficient (Wildman–Crippen LogP) is 0.808. The Morgan fingerprint density at radius 2 is 1.94 bits per heavy atom. The second-order valence-electron chi connectivity index (χ2n) is 4.74. The van der Waals surface area contributed by atoms with Crippen molar-refractivity contribution in [2.45, 2.75) is 39.0 Å². The third-order valence-electron chi connectivity index (χ3n) is 3.17. The van der Waals surface area contributed by atoms with Gasteiger partial charge in [-0.2, -0.15) is 12.7 Å². The van der Waals surface area contributed by atoms with Gasteiger partial charge in [-0.15, -0.1) is 0 Å². The number of carboxylic acid groups (broad SMARTS) is 1. The maximum absolute atomic E-state index is 11.9. The highest BCUT2D eigenvalue weighted by atomic mass is 32.2. The molecule has 0 spiro atoms. The zero-order chi connectivity index (χ0) is 13.6. The Kier molecular flexibility index (Phi) is 6.04. The van der Waals surface area contributed by atoms with Gasteiger partial charge in [0.1, 0.15) is 0 Å². The van der Waals surface area contributed by atoms with Crippen molar-refractivity contribution in [3.05, 3.63) is 0 Å². The molecule has 106 valence electrons. The van der Waals surface area contributed by atoms with E-state index < -0.39 is 22.1 Å². The van der Waals surface area contributed by atoms with Crippen LogP contribution in [0.1, 0.15) is 39.0 Å². The van der Waals surface area contributed by atoms with Gasteiger partial charge < -0.3 is 5.11 Å². The van der Waals surface area contributed by atoms with E-state index in [4.69, 9.17) is 5.11 Å². The van der Waals surface area contributed by atoms with E-state index in [0.29, 0.717) is 32.5 Å². The Morgan fingerprint density at radius 3 is 2.50 bits per heavy atom. The van der Waals surface area contributed by atoms with Gasteiger partial charge in [0.15, 0.2) is 0 Å². The van der Waals surface area contributed by atoms with Crippen LogP contribution in [0.25, 0.3) is 0 Å². The summed E-state index contributed by atoms with van der Waals surface area (Å²) in [7, 11) is -3.37. The highest BCUT2D eigenvalue weighted by Gasteiger charge is 2.23. The number of hydrogen-bond donors (Lipinski definition) is 2. The van der Waals surface area contributed by atoms with Crippen LogP contribution in [0.2, 0.25) is 0 Å². The molecule has 1 saturated heterocycles. The molecule has 6 nitrogen and oxygen atoms in total. The first-order chi connectivity index (χ1) is 8.43. The zero-order valence-electron chi connectivity index (χ0n) is 10.8. The molecule has 0 saturated carbocycles. The second-order valence-corrected chi connectivity index (χ2v) is 6.50. The van der Waals surface area contributed by atoms with Gasteiger partial charge >= 0.3 is 5.97 Å². The zero-order valence-corrected chi connectivity index (χ0v) is 11.6. The Hall–Kier alpha value is -0.660. The van der Waals surface area contributed by atoms with E-state index in [0.717, 1.165) is 19.3 Å². The van der Waals surface area contributed by atoms with Gasteiger partial charge in [-0.3, -0.25) is 4.79 Å². The minimum Gasteiger partial charge on any atom is -0.481 e. The quantitative estimate of drug-likeness (QED) is 0.675. The maximum atomic E-state index is 11.9. The minimum absolute atomic E-state index is 0.302. The molecule has 1 heterocycles. The van der Waals surface area contributed by atoms with E-state index in [1.807, 2.05) is 0 Å². The fraction of sp³-hybridized carbons (Fsp3) is 0.909. The molecule has 0 aromatic carbocycles. The van der Waals surface area contributed by atoms with Gasteiger partial charge in [-0.05, 0) is 25.7 Å². The highest BCUT2D eigenvalue weighted by Crippen LogP contribution is 2.12. The molecule has 1 aliphatic rings. The van der Waals surface area contributed by atoms with Crippen LogP contribution in [0, 0.1) is 5.92 Å². The molecule has 1 fully saturated rings. The van der Waals surface area contributed by atoms with Crippen LogP contribution in [0.15, 0.2) is 0 Å². The third kappa shape index (κ3) is 4.91. The van der Waals surface area contributed by atoms with E-state index in [-0.39, 0.29) is 0 Å². The molecule has 0 aromatic rings. The Labute approximate surface area is 109 Å². The molecule has 0 amide bonds. The SMILES string of the molecule is CC(CCCNS(=O)(=O)N1CCCCC1)C(=O)O. The van der Waals surface area contributed by atoms with Crippen LogP contribution in [-0.2, 0) is 15.0 Å². The standard InChI is InChI=1S/C11H22N2O4S/c1-10(11(14)15)6-5-7-12-18(16,17)13-8-3-2-4-9-13/h10,12H,2-9H2,1H3,(H,14,15). The minimum atomic E-state index is -3.37. The van der Waals surface area contributed by atoms with Crippen LogP contribution in [0.4, 0.5) is 0 Å². The van der Waals surface area contributed by atoms with Gasteiger partial charge in [0, 0.05) is 19.6 Å². The molecule has 1 aliphatic heterocycles. The van der Waals surface area contributed by atoms with Gasteiger partial charge in [-0.1, -0.05) is 13.3 Å². The number of piperidine rings is 1. The normalized spacial score (nSPS) is 19.6. The molecule has 1 atom stereocenters. The average Bonchev–Trinajstić information content (AvgIpc) is 2.35. The van der Waals surface area contributed by atoms with Gasteiger partial charge in [0.25, 0.3) is 10.2 Å². The average molecular weight is 278 g/mol. The first-order valence-corrected chi connectivity index (χ1v) is 7.85. The Morgan fingerprint density at radius 1 is 1.33 bits per heavy atom. The van der Waals surface area contributed by atoms with E-state index in [1.54, 1.807) is 6.92 Å². The highest BCUT2D eigenvalue weighted by molar-refractivity contribution is 7.87. The molecule has 1 unspecified atom stereocenters. The lowest BCUT2D eigenvalue weighted by Gasteiger charge is -2.25. The molecular weight excluding hydrogens is 256 g/mol. The lowest BCUT2D eigenvalue weighted by atomic mass is 10.1. The summed E-state index contributed by atoms with van der Waals surface area (Å²) in [5.41, 5.74) is 0. The van der Waals surface area contributed by atoms with E-state index in [2.05, 4.69) is 4.72 Å². The molecule has 18 heavy (non-hydrogen) atoms. The lowest BCUT2D eigenvalue weighted by Crippen LogP contribution is -2.43. The van der Waals surface area contributed by atoms with Gasteiger partial charge in [-0.25, -0.2) is 4.72 Å². The number of hydrogen-bond acceptors (Lipinski definition) is 3. The topological polar surface area (TPSA) is 86.7 Å². The fourth-order valence-electron chi connectivity index (χ4n) is 1.93. The number of nitrogens with one attached hydrogen (secondary N) is 1. The van der Waals surface area contributed by atoms with Crippen molar-refractivity contribution in [2.75, 3.05) is 19.6 Å². The van der Waals surface area contributed by atoms with Crippen molar-refractivity contribution in [3.8, 4) is 0 Å². The fourth-order valence-corrected chi connectivity index (χ4v) is 3.25. The molecule has 0 radical (unpaired) electrons. The van der Waals surface area contributed by atoms with Crippen molar-refractivity contribution in [2.24, 2.45) is 5.92 Å². The van der Waals surface area contributed by atoms with Crippen LogP contribution >= 0.6 is 0 Å². The van der Waals surface area contributed by atoms with Gasteiger partial charge in [0.05, 0.1) is 5.92 Å². The van der Waals surface area contributed by atoms with Crippen molar-refractivity contribution < 1.29 is 18.3 Å². The summed E-state index contributed by atoms with van der Waals surface area (Å²) in [5, 5.41) is 8.70. The summed E-state index contributed by atoms with van der Waals surface area (Å²) in [6.45, 7) is 3.10. The summed E-state index contributed by atoms with van der Waals surface area (Å²) in [6.07, 6.45) is 3.94. The van der Waals surface area contributed by atoms with Crippen LogP contribution in [0.3, 0.4) is 0 Å². The summed E-state index contributed by atoms with van der Waals surface area (Å²) in [6, 6.07) is 0. The van der Waals surface area contributed by atoms with Crippen molar-refractivity contribution in [3.63, 3.8) is 0 Å². The van der Waals surface area contributed by atoms with Crippen molar-refractivity contribution in [1.29, 1.82) is 0 Å². The third-order valence-corrected chi connectivity index (χ3v) is 4.79. The van der Waals surface area contributed by atoms with Gasteiger partial charge in [0.2, 0.25) is 0 Å². The summed E-state index contributed by atoms with van der Waals surface area (Å²) >= 11 is 0. The van der Waals surface area contributed by atoms with Crippen LogP contribution in [-0.4, -0.2) is 43.4 Å². The number of carbonyl (C=O) groups is 1. The molecule has 1 rings (SSSR count). The predicted molar refractivity (Wildman–Crippen MR) is 68.4 cm³/mol. The molecule has 0 aromatic heterocycles. The second kappa shape index (κ2) is 7.06. The van der Waals surface area contributed by atoms with Crippen molar-refractivity contribution in [1.82, 2.24) is 9.03 Å². The number of carboxylic acids is 1. The van der Waals surface area contributed by atoms with Crippen molar-refractivity contribution >= 4 is 16.2 Å².